The van der Waals surface area contributed by atoms with Crippen LogP contribution in [-0.2, 0) is 31.4 Å². The first-order valence-electron chi connectivity index (χ1n) is 8.68. The Morgan fingerprint density at radius 2 is 1.92 bits per heavy atom. The highest BCUT2D eigenvalue weighted by Crippen LogP contribution is 2.13. The van der Waals surface area contributed by atoms with Crippen LogP contribution in [-0.4, -0.2) is 30.6 Å². The van der Waals surface area contributed by atoms with E-state index in [0.717, 1.165) is 22.6 Å². The summed E-state index contributed by atoms with van der Waals surface area (Å²) < 4.78 is 1.84. The summed E-state index contributed by atoms with van der Waals surface area (Å²) in [6.07, 6.45) is 4.39. The van der Waals surface area contributed by atoms with E-state index in [9.17, 15) is 4.79 Å². The third kappa shape index (κ3) is 4.53. The van der Waals surface area contributed by atoms with E-state index in [4.69, 9.17) is 0 Å². The minimum absolute atomic E-state index is 0.0851. The molecule has 3 rings (SSSR count). The standard InChI is InChI=1S/C20H23N5O/c1-16-7-6-12-21-18(16)14-25(13-17-8-4-3-5-9-17)20(26)11-10-19-23-22-15-24(19)2/h3-9,12,15H,10-11,13-14H2,1-2H3. The lowest BCUT2D eigenvalue weighted by molar-refractivity contribution is -0.132. The Balaban J connectivity index is 1.74. The molecule has 1 aromatic carbocycles. The highest BCUT2D eigenvalue weighted by atomic mass is 16.2. The van der Waals surface area contributed by atoms with E-state index in [-0.39, 0.29) is 5.91 Å². The maximum absolute atomic E-state index is 12.9. The Kier molecular flexibility index (Phi) is 5.73. The van der Waals surface area contributed by atoms with Gasteiger partial charge in [-0.2, -0.15) is 0 Å². The maximum Gasteiger partial charge on any atom is 0.223 e. The van der Waals surface area contributed by atoms with Crippen LogP contribution in [0.25, 0.3) is 0 Å². The zero-order valence-corrected chi connectivity index (χ0v) is 15.2. The SMILES string of the molecule is Cc1cccnc1CN(Cc1ccccc1)C(=O)CCc1nncn1C. The first kappa shape index (κ1) is 17.8. The van der Waals surface area contributed by atoms with Crippen molar-refractivity contribution in [2.45, 2.75) is 32.9 Å². The minimum atomic E-state index is 0.0851. The number of pyridine rings is 1. The van der Waals surface area contributed by atoms with E-state index in [0.29, 0.717) is 25.9 Å². The number of aromatic nitrogens is 4. The van der Waals surface area contributed by atoms with Crippen molar-refractivity contribution in [3.8, 4) is 0 Å². The second-order valence-corrected chi connectivity index (χ2v) is 6.36. The van der Waals surface area contributed by atoms with Crippen LogP contribution >= 0.6 is 0 Å². The highest BCUT2D eigenvalue weighted by Gasteiger charge is 2.17. The molecular weight excluding hydrogens is 326 g/mol. The molecule has 1 amide bonds. The third-order valence-corrected chi connectivity index (χ3v) is 4.40. The van der Waals surface area contributed by atoms with Crippen LogP contribution < -0.4 is 0 Å². The zero-order valence-electron chi connectivity index (χ0n) is 15.2. The lowest BCUT2D eigenvalue weighted by atomic mass is 10.1. The number of nitrogens with zero attached hydrogens (tertiary/aromatic N) is 5. The van der Waals surface area contributed by atoms with Gasteiger partial charge >= 0.3 is 0 Å². The molecule has 0 saturated heterocycles. The lowest BCUT2D eigenvalue weighted by Crippen LogP contribution is -2.31. The molecular formula is C20H23N5O. The molecule has 134 valence electrons. The smallest absolute Gasteiger partial charge is 0.223 e. The Bertz CT molecular complexity index is 859. The fourth-order valence-electron chi connectivity index (χ4n) is 2.81. The molecule has 26 heavy (non-hydrogen) atoms. The molecule has 0 N–H and O–H groups in total. The molecule has 0 bridgehead atoms. The lowest BCUT2D eigenvalue weighted by Gasteiger charge is -2.23. The number of amides is 1. The average Bonchev–Trinajstić information content (AvgIpc) is 3.06. The fourth-order valence-corrected chi connectivity index (χ4v) is 2.81. The number of aryl methyl sites for hydroxylation is 3. The van der Waals surface area contributed by atoms with Crippen molar-refractivity contribution in [3.05, 3.63) is 77.6 Å². The molecule has 3 aromatic rings. The third-order valence-electron chi connectivity index (χ3n) is 4.40. The molecule has 0 aliphatic heterocycles. The van der Waals surface area contributed by atoms with Crippen molar-refractivity contribution in [2.24, 2.45) is 7.05 Å². The van der Waals surface area contributed by atoms with Gasteiger partial charge < -0.3 is 9.47 Å². The average molecular weight is 349 g/mol. The normalized spacial score (nSPS) is 10.7. The Morgan fingerprint density at radius 3 is 2.62 bits per heavy atom. The largest absolute Gasteiger partial charge is 0.332 e. The molecule has 6 nitrogen and oxygen atoms in total. The van der Waals surface area contributed by atoms with E-state index in [1.165, 1.54) is 0 Å². The van der Waals surface area contributed by atoms with Crippen molar-refractivity contribution >= 4 is 5.91 Å². The Morgan fingerprint density at radius 1 is 1.12 bits per heavy atom. The predicted octanol–water partition coefficient (Wildman–Crippen LogP) is 2.68. The number of carbonyl (C=O) groups is 1. The maximum atomic E-state index is 12.9. The molecule has 0 spiro atoms. The van der Waals surface area contributed by atoms with Gasteiger partial charge in [-0.25, -0.2) is 0 Å². The van der Waals surface area contributed by atoms with Gasteiger partial charge in [-0.3, -0.25) is 9.78 Å². The number of benzene rings is 1. The van der Waals surface area contributed by atoms with E-state index in [1.807, 2.05) is 65.9 Å². The van der Waals surface area contributed by atoms with Crippen LogP contribution in [0, 0.1) is 6.92 Å². The number of hydrogen-bond acceptors (Lipinski definition) is 4. The highest BCUT2D eigenvalue weighted by molar-refractivity contribution is 5.76. The van der Waals surface area contributed by atoms with Crippen molar-refractivity contribution in [1.29, 1.82) is 0 Å². The summed E-state index contributed by atoms with van der Waals surface area (Å²) in [5.74, 6) is 0.897. The van der Waals surface area contributed by atoms with E-state index < -0.39 is 0 Å². The van der Waals surface area contributed by atoms with Gasteiger partial charge in [0.25, 0.3) is 0 Å². The van der Waals surface area contributed by atoms with Gasteiger partial charge in [-0.15, -0.1) is 10.2 Å². The van der Waals surface area contributed by atoms with Gasteiger partial charge in [0, 0.05) is 32.6 Å². The summed E-state index contributed by atoms with van der Waals surface area (Å²) in [5, 5.41) is 7.93. The summed E-state index contributed by atoms with van der Waals surface area (Å²) in [6, 6.07) is 14.0. The second kappa shape index (κ2) is 8.38. The van der Waals surface area contributed by atoms with E-state index >= 15 is 0 Å². The molecule has 0 atom stereocenters. The molecule has 2 aromatic heterocycles. The quantitative estimate of drug-likeness (QED) is 0.658. The Hall–Kier alpha value is -3.02. The van der Waals surface area contributed by atoms with Crippen LogP contribution in [0.15, 0.2) is 55.0 Å². The van der Waals surface area contributed by atoms with Crippen LogP contribution in [0.5, 0.6) is 0 Å². The number of hydrogen-bond donors (Lipinski definition) is 0. The molecule has 0 unspecified atom stereocenters. The number of carbonyl (C=O) groups excluding carboxylic acids is 1. The first-order valence-corrected chi connectivity index (χ1v) is 8.68. The predicted molar refractivity (Wildman–Crippen MR) is 99.0 cm³/mol. The van der Waals surface area contributed by atoms with Crippen molar-refractivity contribution in [1.82, 2.24) is 24.6 Å². The van der Waals surface area contributed by atoms with Crippen LogP contribution in [0.1, 0.15) is 29.1 Å². The van der Waals surface area contributed by atoms with Crippen molar-refractivity contribution in [3.63, 3.8) is 0 Å². The summed E-state index contributed by atoms with van der Waals surface area (Å²) >= 11 is 0. The van der Waals surface area contributed by atoms with Gasteiger partial charge in [-0.05, 0) is 24.1 Å². The van der Waals surface area contributed by atoms with Crippen LogP contribution in [0.4, 0.5) is 0 Å². The van der Waals surface area contributed by atoms with E-state index in [2.05, 4.69) is 15.2 Å². The van der Waals surface area contributed by atoms with Crippen molar-refractivity contribution in [2.75, 3.05) is 0 Å². The summed E-state index contributed by atoms with van der Waals surface area (Å²) in [5.41, 5.74) is 3.12. The zero-order chi connectivity index (χ0) is 18.4. The van der Waals surface area contributed by atoms with Crippen molar-refractivity contribution < 1.29 is 4.79 Å². The van der Waals surface area contributed by atoms with Crippen LogP contribution in [0.2, 0.25) is 0 Å². The number of rotatable bonds is 7. The fraction of sp³-hybridized carbons (Fsp3) is 0.300. The molecule has 0 fully saturated rings. The summed E-state index contributed by atoms with van der Waals surface area (Å²) in [7, 11) is 1.89. The molecule has 0 aliphatic rings. The molecule has 0 radical (unpaired) electrons. The van der Waals surface area contributed by atoms with Gasteiger partial charge in [0.1, 0.15) is 12.2 Å². The molecule has 0 aliphatic carbocycles. The molecule has 6 heteroatoms. The van der Waals surface area contributed by atoms with Gasteiger partial charge in [0.2, 0.25) is 5.91 Å². The van der Waals surface area contributed by atoms with Gasteiger partial charge in [0.05, 0.1) is 12.2 Å². The first-order chi connectivity index (χ1) is 12.6. The second-order valence-electron chi connectivity index (χ2n) is 6.36. The summed E-state index contributed by atoms with van der Waals surface area (Å²) in [4.78, 5) is 19.2. The van der Waals surface area contributed by atoms with E-state index in [1.54, 1.807) is 12.5 Å². The molecule has 2 heterocycles. The monoisotopic (exact) mass is 349 g/mol. The minimum Gasteiger partial charge on any atom is -0.332 e. The van der Waals surface area contributed by atoms with Gasteiger partial charge in [-0.1, -0.05) is 36.4 Å². The van der Waals surface area contributed by atoms with Crippen LogP contribution in [0.3, 0.4) is 0 Å². The summed E-state index contributed by atoms with van der Waals surface area (Å²) in [6.45, 7) is 3.08. The molecule has 0 saturated carbocycles. The van der Waals surface area contributed by atoms with Gasteiger partial charge in [0.15, 0.2) is 0 Å². The topological polar surface area (TPSA) is 63.9 Å². The Labute approximate surface area is 153 Å².